The van der Waals surface area contributed by atoms with E-state index >= 15 is 0 Å². The monoisotopic (exact) mass is 395 g/mol. The van der Waals surface area contributed by atoms with Crippen LogP contribution in [-0.2, 0) is 6.54 Å². The van der Waals surface area contributed by atoms with E-state index in [0.717, 1.165) is 30.8 Å². The second-order valence-corrected chi connectivity index (χ2v) is 7.36. The maximum Gasteiger partial charge on any atom is 0.196 e. The number of fused-ring (bicyclic) bond motifs is 1. The van der Waals surface area contributed by atoms with Gasteiger partial charge in [-0.2, -0.15) is 0 Å². The van der Waals surface area contributed by atoms with Crippen molar-refractivity contribution in [1.82, 2.24) is 4.90 Å². The molecule has 2 aromatic rings. The lowest BCUT2D eigenvalue weighted by molar-refractivity contribution is 0.1000. The molecule has 0 bridgehead atoms. The molecule has 0 spiro atoms. The van der Waals surface area contributed by atoms with Crippen LogP contribution in [0, 0.1) is 0 Å². The predicted molar refractivity (Wildman–Crippen MR) is 110 cm³/mol. The number of ether oxygens (including phenoxy) is 3. The number of rotatable bonds is 5. The van der Waals surface area contributed by atoms with E-state index in [1.807, 2.05) is 12.1 Å². The van der Waals surface area contributed by atoms with Crippen LogP contribution in [0.2, 0.25) is 0 Å². The lowest BCUT2D eigenvalue weighted by Gasteiger charge is -2.21. The maximum atomic E-state index is 13.0. The van der Waals surface area contributed by atoms with Gasteiger partial charge in [0.05, 0.1) is 19.8 Å². The minimum absolute atomic E-state index is 0.118. The number of methoxy groups -OCH3 is 2. The highest BCUT2D eigenvalue weighted by Crippen LogP contribution is 2.38. The van der Waals surface area contributed by atoms with Gasteiger partial charge in [0.25, 0.3) is 0 Å². The highest BCUT2D eigenvalue weighted by molar-refractivity contribution is 6.14. The number of phenols is 1. The zero-order valence-corrected chi connectivity index (χ0v) is 16.7. The van der Waals surface area contributed by atoms with Crippen LogP contribution in [0.15, 0.2) is 35.9 Å². The first-order valence-corrected chi connectivity index (χ1v) is 9.77. The summed E-state index contributed by atoms with van der Waals surface area (Å²) in [6.07, 6.45) is 4.19. The van der Waals surface area contributed by atoms with Crippen LogP contribution in [0.3, 0.4) is 0 Å². The van der Waals surface area contributed by atoms with E-state index in [1.54, 1.807) is 31.4 Å². The number of carbonyl (C=O) groups excluding carboxylic acids is 1. The first kappa shape index (κ1) is 19.3. The summed E-state index contributed by atoms with van der Waals surface area (Å²) in [5.74, 6) is 1.61. The highest BCUT2D eigenvalue weighted by Gasteiger charge is 2.26. The van der Waals surface area contributed by atoms with Crippen LogP contribution in [0.4, 0.5) is 0 Å². The standard InChI is InChI=1S/C23H25NO5/c1-27-21-11-18-20(12-22(21)28-2)29-14-17(23(18)26)9-15-5-6-16(19(25)10-15)13-24-7-3-4-8-24/h5-6,9-12,25H,3-4,7-8,13-14H2,1-2H3/b17-9+. The van der Waals surface area contributed by atoms with E-state index in [-0.39, 0.29) is 18.1 Å². The molecule has 0 radical (unpaired) electrons. The van der Waals surface area contributed by atoms with E-state index in [0.29, 0.717) is 28.4 Å². The number of aromatic hydroxyl groups is 1. The van der Waals surface area contributed by atoms with Crippen molar-refractivity contribution in [3.8, 4) is 23.0 Å². The molecule has 6 nitrogen and oxygen atoms in total. The molecular formula is C23H25NO5. The van der Waals surface area contributed by atoms with Crippen molar-refractivity contribution in [2.75, 3.05) is 33.9 Å². The summed E-state index contributed by atoms with van der Waals surface area (Å²) >= 11 is 0. The van der Waals surface area contributed by atoms with Crippen molar-refractivity contribution in [2.24, 2.45) is 0 Å². The molecule has 2 aromatic carbocycles. The molecule has 29 heavy (non-hydrogen) atoms. The van der Waals surface area contributed by atoms with E-state index in [2.05, 4.69) is 4.90 Å². The second-order valence-electron chi connectivity index (χ2n) is 7.36. The van der Waals surface area contributed by atoms with E-state index in [9.17, 15) is 9.90 Å². The fourth-order valence-corrected chi connectivity index (χ4v) is 3.85. The zero-order chi connectivity index (χ0) is 20.4. The number of phenolic OH excluding ortho intramolecular Hbond substituents is 1. The Hall–Kier alpha value is -2.99. The van der Waals surface area contributed by atoms with Crippen LogP contribution >= 0.6 is 0 Å². The van der Waals surface area contributed by atoms with Crippen LogP contribution in [-0.4, -0.2) is 49.7 Å². The zero-order valence-electron chi connectivity index (χ0n) is 16.7. The molecule has 6 heteroatoms. The number of hydrogen-bond donors (Lipinski definition) is 1. The summed E-state index contributed by atoms with van der Waals surface area (Å²) < 4.78 is 16.3. The van der Waals surface area contributed by atoms with Crippen LogP contribution in [0.5, 0.6) is 23.0 Å². The van der Waals surface area contributed by atoms with E-state index < -0.39 is 0 Å². The number of nitrogens with zero attached hydrogens (tertiary/aromatic N) is 1. The molecule has 0 saturated carbocycles. The minimum atomic E-state index is -0.118. The summed E-state index contributed by atoms with van der Waals surface area (Å²) in [5.41, 5.74) is 2.64. The van der Waals surface area contributed by atoms with Crippen molar-refractivity contribution in [2.45, 2.75) is 19.4 Å². The van der Waals surface area contributed by atoms with Crippen molar-refractivity contribution in [1.29, 1.82) is 0 Å². The van der Waals surface area contributed by atoms with Gasteiger partial charge in [0, 0.05) is 23.7 Å². The smallest absolute Gasteiger partial charge is 0.196 e. The number of carbonyl (C=O) groups is 1. The van der Waals surface area contributed by atoms with Gasteiger partial charge in [-0.3, -0.25) is 9.69 Å². The molecule has 0 atom stereocenters. The number of benzene rings is 2. The molecule has 1 saturated heterocycles. The summed E-state index contributed by atoms with van der Waals surface area (Å²) in [5, 5.41) is 10.4. The molecule has 2 heterocycles. The fraction of sp³-hybridized carbons (Fsp3) is 0.348. The lowest BCUT2D eigenvalue weighted by Crippen LogP contribution is -2.19. The average Bonchev–Trinajstić information content (AvgIpc) is 3.24. The van der Waals surface area contributed by atoms with Crippen molar-refractivity contribution in [3.05, 3.63) is 52.6 Å². The van der Waals surface area contributed by atoms with Gasteiger partial charge in [-0.1, -0.05) is 12.1 Å². The first-order valence-electron chi connectivity index (χ1n) is 9.77. The van der Waals surface area contributed by atoms with Gasteiger partial charge in [0.2, 0.25) is 0 Å². The molecule has 152 valence electrons. The Labute approximate surface area is 170 Å². The molecule has 2 aliphatic heterocycles. The second kappa shape index (κ2) is 8.17. The SMILES string of the molecule is COc1cc2c(cc1OC)C(=O)/C(=C/c1ccc(CN3CCCC3)c(O)c1)CO2. The number of hydrogen-bond acceptors (Lipinski definition) is 6. The predicted octanol–water partition coefficient (Wildman–Crippen LogP) is 3.66. The Morgan fingerprint density at radius 2 is 1.83 bits per heavy atom. The molecule has 0 aliphatic carbocycles. The number of likely N-dealkylation sites (tertiary alicyclic amines) is 1. The Morgan fingerprint density at radius 1 is 1.10 bits per heavy atom. The summed E-state index contributed by atoms with van der Waals surface area (Å²) in [7, 11) is 3.07. The molecule has 4 rings (SSSR count). The van der Waals surface area contributed by atoms with Gasteiger partial charge in [0.15, 0.2) is 17.3 Å². The first-order chi connectivity index (χ1) is 14.1. The summed E-state index contributed by atoms with van der Waals surface area (Å²) in [4.78, 5) is 15.3. The quantitative estimate of drug-likeness (QED) is 0.780. The molecular weight excluding hydrogens is 370 g/mol. The Morgan fingerprint density at radius 3 is 2.52 bits per heavy atom. The largest absolute Gasteiger partial charge is 0.508 e. The van der Waals surface area contributed by atoms with Gasteiger partial charge in [-0.05, 0) is 49.7 Å². The third-order valence-corrected chi connectivity index (χ3v) is 5.45. The molecule has 2 aliphatic rings. The molecule has 0 unspecified atom stereocenters. The third-order valence-electron chi connectivity index (χ3n) is 5.45. The molecule has 1 N–H and O–H groups in total. The van der Waals surface area contributed by atoms with Gasteiger partial charge in [-0.25, -0.2) is 0 Å². The fourth-order valence-electron chi connectivity index (χ4n) is 3.85. The van der Waals surface area contributed by atoms with Crippen molar-refractivity contribution < 1.29 is 24.1 Å². The minimum Gasteiger partial charge on any atom is -0.508 e. The van der Waals surface area contributed by atoms with Gasteiger partial charge in [-0.15, -0.1) is 0 Å². The van der Waals surface area contributed by atoms with Crippen molar-refractivity contribution >= 4 is 11.9 Å². The Kier molecular flexibility index (Phi) is 5.45. The maximum absolute atomic E-state index is 13.0. The van der Waals surface area contributed by atoms with Crippen LogP contribution in [0.25, 0.3) is 6.08 Å². The summed E-state index contributed by atoms with van der Waals surface area (Å²) in [6.45, 7) is 3.06. The van der Waals surface area contributed by atoms with Crippen molar-refractivity contribution in [3.63, 3.8) is 0 Å². The Balaban J connectivity index is 1.57. The topological polar surface area (TPSA) is 68.2 Å². The molecule has 0 aromatic heterocycles. The number of ketones is 1. The normalized spacial score (nSPS) is 17.9. The van der Waals surface area contributed by atoms with Gasteiger partial charge in [0.1, 0.15) is 18.1 Å². The Bertz CT molecular complexity index is 960. The van der Waals surface area contributed by atoms with E-state index in [1.165, 1.54) is 20.0 Å². The number of Topliss-reactive ketones (excluding diaryl/α,β-unsaturated/α-hetero) is 1. The lowest BCUT2D eigenvalue weighted by atomic mass is 9.97. The third kappa shape index (κ3) is 3.93. The van der Waals surface area contributed by atoms with Gasteiger partial charge < -0.3 is 19.3 Å². The average molecular weight is 395 g/mol. The van der Waals surface area contributed by atoms with E-state index in [4.69, 9.17) is 14.2 Å². The van der Waals surface area contributed by atoms with Crippen LogP contribution in [0.1, 0.15) is 34.3 Å². The van der Waals surface area contributed by atoms with Gasteiger partial charge >= 0.3 is 0 Å². The molecule has 1 fully saturated rings. The van der Waals surface area contributed by atoms with Crippen LogP contribution < -0.4 is 14.2 Å². The molecule has 0 amide bonds. The highest BCUT2D eigenvalue weighted by atomic mass is 16.5. The summed E-state index contributed by atoms with van der Waals surface area (Å²) in [6, 6.07) is 8.86.